The number of hydrogen-bond acceptors (Lipinski definition) is 2. The largest absolute Gasteiger partial charge is 0.360 e. The first-order valence-electron chi connectivity index (χ1n) is 10.0. The summed E-state index contributed by atoms with van der Waals surface area (Å²) >= 11 is 1.91. The average Bonchev–Trinajstić information content (AvgIpc) is 3.22. The van der Waals surface area contributed by atoms with Crippen LogP contribution in [0.5, 0.6) is 0 Å². The van der Waals surface area contributed by atoms with Crippen molar-refractivity contribution >= 4 is 28.4 Å². The number of rotatable bonds is 5. The zero-order valence-electron chi connectivity index (χ0n) is 16.0. The number of para-hydroxylation sites is 1. The van der Waals surface area contributed by atoms with E-state index in [1.165, 1.54) is 10.5 Å². The van der Waals surface area contributed by atoms with Crippen molar-refractivity contribution in [3.63, 3.8) is 0 Å². The zero-order valence-corrected chi connectivity index (χ0v) is 16.9. The summed E-state index contributed by atoms with van der Waals surface area (Å²) in [5.41, 5.74) is 4.17. The van der Waals surface area contributed by atoms with Crippen LogP contribution in [-0.2, 0) is 0 Å². The number of nitrogens with one attached hydrogen (secondary N) is 1. The van der Waals surface area contributed by atoms with E-state index in [9.17, 15) is 4.79 Å². The fourth-order valence-corrected chi connectivity index (χ4v) is 5.41. The lowest BCUT2D eigenvalue weighted by molar-refractivity contribution is -0.721. The number of hydrogen-bond donors (Lipinski definition) is 2. The first kappa shape index (κ1) is 18.2. The molecule has 144 valence electrons. The number of aromatic nitrogens is 1. The third-order valence-electron chi connectivity index (χ3n) is 5.73. The second-order valence-corrected chi connectivity index (χ2v) is 8.61. The summed E-state index contributed by atoms with van der Waals surface area (Å²) in [7, 11) is 0. The van der Waals surface area contributed by atoms with E-state index < -0.39 is 0 Å². The summed E-state index contributed by atoms with van der Waals surface area (Å²) in [5, 5.41) is 3.27. The number of ketones is 1. The number of aromatic amines is 1. The van der Waals surface area contributed by atoms with Gasteiger partial charge in [0.05, 0.1) is 0 Å². The Hall–Kier alpha value is -2.82. The Morgan fingerprint density at radius 2 is 1.72 bits per heavy atom. The molecule has 0 radical (unpaired) electrons. The summed E-state index contributed by atoms with van der Waals surface area (Å²) < 4.78 is 0. The second-order valence-electron chi connectivity index (χ2n) is 7.47. The van der Waals surface area contributed by atoms with Crippen molar-refractivity contribution in [3.05, 3.63) is 102 Å². The molecule has 4 aromatic rings. The predicted molar refractivity (Wildman–Crippen MR) is 118 cm³/mol. The lowest BCUT2D eigenvalue weighted by Gasteiger charge is -2.27. The topological polar surface area (TPSA) is 49.5 Å². The maximum atomic E-state index is 13.7. The minimum absolute atomic E-state index is 0.157. The lowest BCUT2D eigenvalue weighted by atomic mass is 9.94. The number of Topliss-reactive ketones (excluding diaryl/α,β-unsaturated/α-hetero) is 1. The summed E-state index contributed by atoms with van der Waals surface area (Å²) in [4.78, 5) is 18.3. The molecule has 0 fully saturated rings. The molecule has 0 saturated carbocycles. The van der Waals surface area contributed by atoms with Gasteiger partial charge in [-0.25, -0.2) is 0 Å². The standard InChI is InChI=1S/C25H22N2OS/c28-25(20-16-26-21-12-6-4-10-18(20)21)24(17-8-2-1-3-9-17)27-22-14-15-29-23-13-7-5-11-19(22)23/h1-13,16,22,24,26-27H,14-15H2/p+1/t22-,24+/m0/s1. The van der Waals surface area contributed by atoms with Gasteiger partial charge in [0.15, 0.2) is 6.04 Å². The highest BCUT2D eigenvalue weighted by Crippen LogP contribution is 2.34. The summed E-state index contributed by atoms with van der Waals surface area (Å²) in [5.74, 6) is 1.24. The average molecular weight is 400 g/mol. The van der Waals surface area contributed by atoms with Gasteiger partial charge in [-0.15, -0.1) is 11.8 Å². The van der Waals surface area contributed by atoms with Crippen molar-refractivity contribution in [3.8, 4) is 0 Å². The molecule has 29 heavy (non-hydrogen) atoms. The zero-order chi connectivity index (χ0) is 19.6. The molecule has 2 heterocycles. The molecule has 1 aliphatic heterocycles. The predicted octanol–water partition coefficient (Wildman–Crippen LogP) is 4.89. The van der Waals surface area contributed by atoms with Gasteiger partial charge in [0, 0.05) is 50.9 Å². The number of carbonyl (C=O) groups excluding carboxylic acids is 1. The van der Waals surface area contributed by atoms with Crippen LogP contribution < -0.4 is 5.32 Å². The molecule has 3 aromatic carbocycles. The van der Waals surface area contributed by atoms with E-state index in [0.29, 0.717) is 0 Å². The van der Waals surface area contributed by atoms with Gasteiger partial charge in [0.1, 0.15) is 6.04 Å². The second kappa shape index (κ2) is 7.90. The molecule has 0 aliphatic carbocycles. The first-order valence-corrected chi connectivity index (χ1v) is 11.0. The van der Waals surface area contributed by atoms with E-state index in [0.717, 1.165) is 34.2 Å². The number of thioether (sulfide) groups is 1. The first-order chi connectivity index (χ1) is 14.3. The third kappa shape index (κ3) is 3.50. The number of nitrogens with two attached hydrogens (primary N) is 1. The number of carbonyl (C=O) groups is 1. The minimum atomic E-state index is -0.267. The third-order valence-corrected chi connectivity index (χ3v) is 6.85. The van der Waals surface area contributed by atoms with Crippen LogP contribution in [0.2, 0.25) is 0 Å². The molecule has 0 unspecified atom stereocenters. The molecule has 0 amide bonds. The molecule has 4 heteroatoms. The molecular formula is C25H23N2OS+. The molecule has 3 nitrogen and oxygen atoms in total. The van der Waals surface area contributed by atoms with Crippen molar-refractivity contribution < 1.29 is 10.1 Å². The highest BCUT2D eigenvalue weighted by molar-refractivity contribution is 7.99. The van der Waals surface area contributed by atoms with Gasteiger partial charge in [0.2, 0.25) is 5.78 Å². The summed E-state index contributed by atoms with van der Waals surface area (Å²) in [6.45, 7) is 0. The highest BCUT2D eigenvalue weighted by atomic mass is 32.2. The smallest absolute Gasteiger partial charge is 0.226 e. The van der Waals surface area contributed by atoms with Gasteiger partial charge >= 0.3 is 0 Å². The van der Waals surface area contributed by atoms with Gasteiger partial charge in [-0.1, -0.05) is 66.7 Å². The summed E-state index contributed by atoms with van der Waals surface area (Å²) in [6.07, 6.45) is 2.92. The maximum absolute atomic E-state index is 13.7. The molecule has 1 aliphatic rings. The Balaban J connectivity index is 1.54. The summed E-state index contributed by atoms with van der Waals surface area (Å²) in [6, 6.07) is 26.8. The quantitative estimate of drug-likeness (QED) is 0.469. The van der Waals surface area contributed by atoms with Crippen molar-refractivity contribution in [2.75, 3.05) is 5.75 Å². The number of H-pyrrole nitrogens is 1. The fourth-order valence-electron chi connectivity index (χ4n) is 4.26. The fraction of sp³-hybridized carbons (Fsp3) is 0.160. The van der Waals surface area contributed by atoms with Gasteiger partial charge in [-0.3, -0.25) is 4.79 Å². The van der Waals surface area contributed by atoms with E-state index in [1.54, 1.807) is 0 Å². The Bertz CT molecular complexity index is 1150. The van der Waals surface area contributed by atoms with Gasteiger partial charge < -0.3 is 10.3 Å². The van der Waals surface area contributed by atoms with Crippen molar-refractivity contribution in [1.29, 1.82) is 0 Å². The molecule has 3 N–H and O–H groups in total. The lowest BCUT2D eigenvalue weighted by Crippen LogP contribution is -2.88. The van der Waals surface area contributed by atoms with Crippen LogP contribution in [0, 0.1) is 0 Å². The molecule has 5 rings (SSSR count). The minimum Gasteiger partial charge on any atom is -0.360 e. The molecular weight excluding hydrogens is 376 g/mol. The molecule has 0 saturated heterocycles. The van der Waals surface area contributed by atoms with Crippen LogP contribution in [0.4, 0.5) is 0 Å². The molecule has 1 aromatic heterocycles. The van der Waals surface area contributed by atoms with E-state index >= 15 is 0 Å². The number of fused-ring (bicyclic) bond motifs is 2. The normalized spacial score (nSPS) is 17.0. The Labute approximate surface area is 174 Å². The number of quaternary nitrogens is 1. The monoisotopic (exact) mass is 399 g/mol. The van der Waals surface area contributed by atoms with E-state index in [-0.39, 0.29) is 17.9 Å². The van der Waals surface area contributed by atoms with Crippen molar-refractivity contribution in [2.45, 2.75) is 23.4 Å². The highest BCUT2D eigenvalue weighted by Gasteiger charge is 2.33. The Kier molecular flexibility index (Phi) is 4.96. The van der Waals surface area contributed by atoms with Crippen LogP contribution in [0.1, 0.15) is 40.0 Å². The molecule has 2 atom stereocenters. The van der Waals surface area contributed by atoms with Gasteiger partial charge in [0.25, 0.3) is 0 Å². The van der Waals surface area contributed by atoms with Crippen LogP contribution in [0.25, 0.3) is 10.9 Å². The SMILES string of the molecule is O=C(c1c[nH]c2ccccc12)[C@H]([NH2+][C@H]1CCSc2ccccc21)c1ccccc1. The van der Waals surface area contributed by atoms with Crippen LogP contribution >= 0.6 is 11.8 Å². The van der Waals surface area contributed by atoms with Crippen molar-refractivity contribution in [1.82, 2.24) is 4.98 Å². The van der Waals surface area contributed by atoms with E-state index in [4.69, 9.17) is 0 Å². The molecule has 0 spiro atoms. The van der Waals surface area contributed by atoms with Crippen LogP contribution in [-0.4, -0.2) is 16.5 Å². The molecule has 0 bridgehead atoms. The maximum Gasteiger partial charge on any atom is 0.226 e. The van der Waals surface area contributed by atoms with E-state index in [2.05, 4.69) is 46.7 Å². The van der Waals surface area contributed by atoms with Gasteiger partial charge in [-0.05, 0) is 12.1 Å². The van der Waals surface area contributed by atoms with Crippen LogP contribution in [0.3, 0.4) is 0 Å². The van der Waals surface area contributed by atoms with E-state index in [1.807, 2.05) is 60.4 Å². The number of benzene rings is 3. The Morgan fingerprint density at radius 1 is 0.966 bits per heavy atom. The van der Waals surface area contributed by atoms with Crippen molar-refractivity contribution in [2.24, 2.45) is 0 Å². The van der Waals surface area contributed by atoms with Gasteiger partial charge in [-0.2, -0.15) is 0 Å². The van der Waals surface area contributed by atoms with Crippen LogP contribution in [0.15, 0.2) is 90.0 Å². The Morgan fingerprint density at radius 3 is 2.62 bits per heavy atom.